The molecule has 3 rings (SSSR count). The molecule has 0 unspecified atom stereocenters. The summed E-state index contributed by atoms with van der Waals surface area (Å²) in [6.07, 6.45) is 4.64. The number of hydrogen-bond acceptors (Lipinski definition) is 5. The first-order chi connectivity index (χ1) is 11.2. The van der Waals surface area contributed by atoms with Crippen LogP contribution in [0.3, 0.4) is 0 Å². The third-order valence-corrected chi connectivity index (χ3v) is 4.26. The van der Waals surface area contributed by atoms with Crippen LogP contribution >= 0.6 is 11.3 Å². The van der Waals surface area contributed by atoms with Gasteiger partial charge in [0, 0.05) is 23.3 Å². The van der Waals surface area contributed by atoms with Gasteiger partial charge in [-0.2, -0.15) is 5.10 Å². The van der Waals surface area contributed by atoms with E-state index in [1.807, 2.05) is 30.5 Å². The maximum atomic E-state index is 12.0. The number of aromatic amines is 1. The molecule has 0 saturated heterocycles. The summed E-state index contributed by atoms with van der Waals surface area (Å²) in [5.74, 6) is -0.0549. The molecule has 1 amide bonds. The number of thiazole rings is 1. The van der Waals surface area contributed by atoms with Gasteiger partial charge in [0.15, 0.2) is 0 Å². The van der Waals surface area contributed by atoms with E-state index in [0.717, 1.165) is 34.1 Å². The maximum absolute atomic E-state index is 12.0. The standard InChI is InChI=1S/C16H17N5OS/c1-2-12-6-13(21-20-12)9-18-15(22)7-14-10-23-16(19-14)11-4-3-5-17-8-11/h3-6,8,10H,2,7,9H2,1H3,(H,18,22)(H,20,21). The average Bonchev–Trinajstić information content (AvgIpc) is 3.23. The number of nitrogens with zero attached hydrogens (tertiary/aromatic N) is 3. The first kappa shape index (κ1) is 15.4. The lowest BCUT2D eigenvalue weighted by atomic mass is 10.3. The molecule has 2 N–H and O–H groups in total. The van der Waals surface area contributed by atoms with E-state index in [-0.39, 0.29) is 12.3 Å². The van der Waals surface area contributed by atoms with Gasteiger partial charge in [-0.05, 0) is 24.6 Å². The van der Waals surface area contributed by atoms with Crippen LogP contribution in [0.4, 0.5) is 0 Å². The van der Waals surface area contributed by atoms with Gasteiger partial charge >= 0.3 is 0 Å². The lowest BCUT2D eigenvalue weighted by molar-refractivity contribution is -0.120. The summed E-state index contributed by atoms with van der Waals surface area (Å²) in [5.41, 5.74) is 3.64. The molecule has 0 aliphatic heterocycles. The number of nitrogens with one attached hydrogen (secondary N) is 2. The van der Waals surface area contributed by atoms with Gasteiger partial charge < -0.3 is 5.32 Å². The van der Waals surface area contributed by atoms with E-state index in [1.54, 1.807) is 12.4 Å². The van der Waals surface area contributed by atoms with Crippen LogP contribution in [-0.4, -0.2) is 26.1 Å². The molecule has 3 aromatic heterocycles. The van der Waals surface area contributed by atoms with Crippen LogP contribution in [-0.2, 0) is 24.2 Å². The SMILES string of the molecule is CCc1cc(CNC(=O)Cc2csc(-c3cccnc3)n2)[nH]n1. The number of amides is 1. The summed E-state index contributed by atoms with van der Waals surface area (Å²) in [7, 11) is 0. The van der Waals surface area contributed by atoms with Crippen LogP contribution in [0.25, 0.3) is 10.6 Å². The third kappa shape index (κ3) is 4.01. The van der Waals surface area contributed by atoms with E-state index in [1.165, 1.54) is 11.3 Å². The van der Waals surface area contributed by atoms with Crippen molar-refractivity contribution in [2.45, 2.75) is 26.3 Å². The Morgan fingerprint density at radius 3 is 3.04 bits per heavy atom. The van der Waals surface area contributed by atoms with E-state index in [4.69, 9.17) is 0 Å². The quantitative estimate of drug-likeness (QED) is 0.728. The Morgan fingerprint density at radius 2 is 2.30 bits per heavy atom. The lowest BCUT2D eigenvalue weighted by Crippen LogP contribution is -2.24. The minimum Gasteiger partial charge on any atom is -0.350 e. The molecule has 0 aliphatic rings. The second-order valence-corrected chi connectivity index (χ2v) is 5.94. The first-order valence-corrected chi connectivity index (χ1v) is 8.27. The lowest BCUT2D eigenvalue weighted by Gasteiger charge is -2.01. The molecule has 118 valence electrons. The Morgan fingerprint density at radius 1 is 1.39 bits per heavy atom. The van der Waals surface area contributed by atoms with Crippen LogP contribution < -0.4 is 5.32 Å². The van der Waals surface area contributed by atoms with Gasteiger partial charge in [-0.1, -0.05) is 6.92 Å². The number of aryl methyl sites for hydroxylation is 1. The fraction of sp³-hybridized carbons (Fsp3) is 0.250. The molecule has 7 heteroatoms. The smallest absolute Gasteiger partial charge is 0.226 e. The summed E-state index contributed by atoms with van der Waals surface area (Å²) in [4.78, 5) is 20.6. The number of H-pyrrole nitrogens is 1. The summed E-state index contributed by atoms with van der Waals surface area (Å²) in [5, 5.41) is 12.7. The fourth-order valence-electron chi connectivity index (χ4n) is 2.11. The number of carbonyl (C=O) groups is 1. The second kappa shape index (κ2) is 7.15. The summed E-state index contributed by atoms with van der Waals surface area (Å²) in [6, 6.07) is 5.79. The predicted molar refractivity (Wildman–Crippen MR) is 88.9 cm³/mol. The molecular formula is C16H17N5OS. The summed E-state index contributed by atoms with van der Waals surface area (Å²) < 4.78 is 0. The summed E-state index contributed by atoms with van der Waals surface area (Å²) >= 11 is 1.52. The molecule has 0 bridgehead atoms. The van der Waals surface area contributed by atoms with Crippen molar-refractivity contribution < 1.29 is 4.79 Å². The predicted octanol–water partition coefficient (Wildman–Crippen LogP) is 2.35. The number of hydrogen-bond donors (Lipinski definition) is 2. The monoisotopic (exact) mass is 327 g/mol. The van der Waals surface area contributed by atoms with Gasteiger partial charge in [0.2, 0.25) is 5.91 Å². The molecule has 0 atom stereocenters. The van der Waals surface area contributed by atoms with Crippen molar-refractivity contribution in [1.82, 2.24) is 25.5 Å². The Bertz CT molecular complexity index is 781. The van der Waals surface area contributed by atoms with Crippen molar-refractivity contribution in [2.24, 2.45) is 0 Å². The zero-order valence-corrected chi connectivity index (χ0v) is 13.6. The van der Waals surface area contributed by atoms with Crippen molar-refractivity contribution in [3.05, 3.63) is 53.1 Å². The molecule has 0 fully saturated rings. The minimum atomic E-state index is -0.0549. The number of rotatable bonds is 6. The molecule has 0 aliphatic carbocycles. The summed E-state index contributed by atoms with van der Waals surface area (Å²) in [6.45, 7) is 2.49. The molecule has 0 saturated carbocycles. The normalized spacial score (nSPS) is 10.7. The number of carbonyl (C=O) groups excluding carboxylic acids is 1. The van der Waals surface area contributed by atoms with Crippen molar-refractivity contribution in [3.63, 3.8) is 0 Å². The van der Waals surface area contributed by atoms with E-state index < -0.39 is 0 Å². The van der Waals surface area contributed by atoms with Crippen LogP contribution in [0.1, 0.15) is 24.0 Å². The largest absolute Gasteiger partial charge is 0.350 e. The molecule has 0 radical (unpaired) electrons. The molecular weight excluding hydrogens is 310 g/mol. The zero-order valence-electron chi connectivity index (χ0n) is 12.7. The minimum absolute atomic E-state index is 0.0549. The van der Waals surface area contributed by atoms with Crippen LogP contribution in [0.2, 0.25) is 0 Å². The second-order valence-electron chi connectivity index (χ2n) is 5.08. The molecule has 6 nitrogen and oxygen atoms in total. The highest BCUT2D eigenvalue weighted by Crippen LogP contribution is 2.22. The maximum Gasteiger partial charge on any atom is 0.226 e. The van der Waals surface area contributed by atoms with Gasteiger partial charge in [0.25, 0.3) is 0 Å². The molecule has 3 heterocycles. The van der Waals surface area contributed by atoms with Crippen molar-refractivity contribution in [1.29, 1.82) is 0 Å². The van der Waals surface area contributed by atoms with Gasteiger partial charge in [-0.15, -0.1) is 11.3 Å². The van der Waals surface area contributed by atoms with Gasteiger partial charge in [0.05, 0.1) is 30.0 Å². The highest BCUT2D eigenvalue weighted by molar-refractivity contribution is 7.13. The van der Waals surface area contributed by atoms with E-state index in [0.29, 0.717) is 6.54 Å². The van der Waals surface area contributed by atoms with E-state index in [9.17, 15) is 4.79 Å². The van der Waals surface area contributed by atoms with Crippen LogP contribution in [0.5, 0.6) is 0 Å². The molecule has 0 spiro atoms. The Kier molecular flexibility index (Phi) is 4.77. The van der Waals surface area contributed by atoms with Crippen molar-refractivity contribution >= 4 is 17.2 Å². The van der Waals surface area contributed by atoms with Crippen molar-refractivity contribution in [2.75, 3.05) is 0 Å². The number of pyridine rings is 1. The van der Waals surface area contributed by atoms with E-state index >= 15 is 0 Å². The van der Waals surface area contributed by atoms with Crippen LogP contribution in [0.15, 0.2) is 36.0 Å². The molecule has 3 aromatic rings. The highest BCUT2D eigenvalue weighted by atomic mass is 32.1. The van der Waals surface area contributed by atoms with Gasteiger partial charge in [-0.25, -0.2) is 4.98 Å². The van der Waals surface area contributed by atoms with Crippen LogP contribution in [0, 0.1) is 0 Å². The Labute approximate surface area is 138 Å². The number of aromatic nitrogens is 4. The first-order valence-electron chi connectivity index (χ1n) is 7.39. The Hall–Kier alpha value is -2.54. The fourth-order valence-corrected chi connectivity index (χ4v) is 2.92. The van der Waals surface area contributed by atoms with Gasteiger partial charge in [0.1, 0.15) is 5.01 Å². The van der Waals surface area contributed by atoms with Gasteiger partial charge in [-0.3, -0.25) is 14.9 Å². The van der Waals surface area contributed by atoms with E-state index in [2.05, 4.69) is 25.5 Å². The topological polar surface area (TPSA) is 83.6 Å². The Balaban J connectivity index is 1.55. The zero-order chi connectivity index (χ0) is 16.1. The van der Waals surface area contributed by atoms with Crippen molar-refractivity contribution in [3.8, 4) is 10.6 Å². The highest BCUT2D eigenvalue weighted by Gasteiger charge is 2.09. The third-order valence-electron chi connectivity index (χ3n) is 3.32. The average molecular weight is 327 g/mol. The molecule has 0 aromatic carbocycles. The molecule has 23 heavy (non-hydrogen) atoms.